The lowest BCUT2D eigenvalue weighted by Crippen LogP contribution is -2.44. The molecule has 0 saturated heterocycles. The highest BCUT2D eigenvalue weighted by molar-refractivity contribution is 6.14. The quantitative estimate of drug-likeness (QED) is 0.182. The maximum Gasteiger partial charge on any atom is 0.266 e. The topological polar surface area (TPSA) is 121 Å². The van der Waals surface area contributed by atoms with Crippen LogP contribution in [0.4, 0.5) is 17.1 Å². The number of aryl methyl sites for hydroxylation is 1. The predicted molar refractivity (Wildman–Crippen MR) is 181 cm³/mol. The second-order valence-electron chi connectivity index (χ2n) is 12.0. The number of aromatic nitrogens is 3. The standard InChI is InChI=1S/C38H35N5O5/c1-26(11-8-9-21-41-25-28(20-22-44)39-40-41)38(47)31-15-3-4-16-32(31)42(37(38)46)24-27-12-10-13-29(23-27)43-33-17-5-7-19-35(33)48-34-18-6-2-14-30(34)36(43)45/h2-8,10-19,23,25-26,44,47H,9,20-22,24H2,1H3/b11-8+/t26-,38+/m0/s1. The van der Waals surface area contributed by atoms with Gasteiger partial charge < -0.3 is 19.8 Å². The minimum atomic E-state index is -1.76. The number of rotatable bonds is 10. The zero-order chi connectivity index (χ0) is 33.3. The highest BCUT2D eigenvalue weighted by atomic mass is 16.5. The molecular weight excluding hydrogens is 606 g/mol. The summed E-state index contributed by atoms with van der Waals surface area (Å²) in [6, 6.07) is 29.5. The number of benzene rings is 4. The summed E-state index contributed by atoms with van der Waals surface area (Å²) in [5, 5.41) is 29.3. The number of allylic oxidation sites excluding steroid dienone is 1. The van der Waals surface area contributed by atoms with E-state index < -0.39 is 17.4 Å². The fourth-order valence-corrected chi connectivity index (χ4v) is 6.42. The molecule has 3 heterocycles. The monoisotopic (exact) mass is 641 g/mol. The summed E-state index contributed by atoms with van der Waals surface area (Å²) < 4.78 is 7.88. The van der Waals surface area contributed by atoms with Gasteiger partial charge in [-0.05, 0) is 54.4 Å². The fourth-order valence-electron chi connectivity index (χ4n) is 6.42. The van der Waals surface area contributed by atoms with Gasteiger partial charge in [-0.2, -0.15) is 0 Å². The molecule has 5 aromatic rings. The van der Waals surface area contributed by atoms with Crippen molar-refractivity contribution < 1.29 is 24.5 Å². The van der Waals surface area contributed by atoms with Crippen LogP contribution in [0.3, 0.4) is 0 Å². The van der Waals surface area contributed by atoms with Crippen LogP contribution in [0.1, 0.15) is 40.5 Å². The Morgan fingerprint density at radius 3 is 2.50 bits per heavy atom. The summed E-state index contributed by atoms with van der Waals surface area (Å²) in [7, 11) is 0. The van der Waals surface area contributed by atoms with Crippen LogP contribution in [0.5, 0.6) is 11.5 Å². The van der Waals surface area contributed by atoms with Gasteiger partial charge in [-0.3, -0.25) is 19.2 Å². The second-order valence-corrected chi connectivity index (χ2v) is 12.0. The summed E-state index contributed by atoms with van der Waals surface area (Å²) in [6.07, 6.45) is 6.69. The first-order valence-electron chi connectivity index (χ1n) is 16.0. The lowest BCUT2D eigenvalue weighted by molar-refractivity contribution is -0.139. The molecule has 0 bridgehead atoms. The van der Waals surface area contributed by atoms with Crippen LogP contribution in [0.2, 0.25) is 0 Å². The second kappa shape index (κ2) is 12.9. The van der Waals surface area contributed by atoms with Crippen LogP contribution in [0.15, 0.2) is 115 Å². The highest BCUT2D eigenvalue weighted by Gasteiger charge is 2.52. The average Bonchev–Trinajstić information content (AvgIpc) is 3.60. The molecule has 7 rings (SSSR count). The molecule has 10 nitrogen and oxygen atoms in total. The molecule has 2 aliphatic heterocycles. The van der Waals surface area contributed by atoms with E-state index in [-0.39, 0.29) is 19.1 Å². The molecule has 0 radical (unpaired) electrons. The minimum Gasteiger partial charge on any atom is -0.454 e. The summed E-state index contributed by atoms with van der Waals surface area (Å²) >= 11 is 0. The van der Waals surface area contributed by atoms with Gasteiger partial charge in [0.25, 0.3) is 11.8 Å². The number of aliphatic hydroxyl groups excluding tert-OH is 1. The maximum absolute atomic E-state index is 14.2. The fraction of sp³-hybridized carbons (Fsp3) is 0.211. The lowest BCUT2D eigenvalue weighted by atomic mass is 9.83. The summed E-state index contributed by atoms with van der Waals surface area (Å²) in [4.78, 5) is 31.4. The largest absolute Gasteiger partial charge is 0.454 e. The molecule has 2 aliphatic rings. The highest BCUT2D eigenvalue weighted by Crippen LogP contribution is 2.46. The number of carbonyl (C=O) groups is 2. The van der Waals surface area contributed by atoms with E-state index in [1.807, 2.05) is 97.9 Å². The predicted octanol–water partition coefficient (Wildman–Crippen LogP) is 5.91. The smallest absolute Gasteiger partial charge is 0.266 e. The number of amides is 2. The Kier molecular flexibility index (Phi) is 8.34. The van der Waals surface area contributed by atoms with E-state index in [4.69, 9.17) is 9.84 Å². The van der Waals surface area contributed by atoms with Crippen molar-refractivity contribution in [2.75, 3.05) is 16.4 Å². The van der Waals surface area contributed by atoms with Crippen LogP contribution >= 0.6 is 0 Å². The average molecular weight is 642 g/mol. The maximum atomic E-state index is 14.2. The zero-order valence-corrected chi connectivity index (χ0v) is 26.4. The molecule has 4 aromatic carbocycles. The van der Waals surface area contributed by atoms with E-state index in [0.717, 1.165) is 11.3 Å². The van der Waals surface area contributed by atoms with Crippen LogP contribution in [-0.2, 0) is 29.9 Å². The molecule has 0 saturated carbocycles. The van der Waals surface area contributed by atoms with Crippen molar-refractivity contribution in [3.05, 3.63) is 138 Å². The molecule has 48 heavy (non-hydrogen) atoms. The van der Waals surface area contributed by atoms with Crippen molar-refractivity contribution in [2.45, 2.75) is 38.5 Å². The van der Waals surface area contributed by atoms with Crippen molar-refractivity contribution in [3.63, 3.8) is 0 Å². The Labute approximate surface area is 278 Å². The van der Waals surface area contributed by atoms with E-state index in [1.54, 1.807) is 38.9 Å². The van der Waals surface area contributed by atoms with Gasteiger partial charge in [-0.1, -0.05) is 78.9 Å². The number of nitrogens with zero attached hydrogens (tertiary/aromatic N) is 5. The molecule has 0 unspecified atom stereocenters. The first-order chi connectivity index (χ1) is 23.4. The summed E-state index contributed by atoms with van der Waals surface area (Å²) in [5.41, 5.74) is 2.66. The number of fused-ring (bicyclic) bond motifs is 3. The van der Waals surface area contributed by atoms with Crippen molar-refractivity contribution in [1.29, 1.82) is 0 Å². The molecule has 0 fully saturated rings. The van der Waals surface area contributed by atoms with E-state index in [0.29, 0.717) is 59.1 Å². The first kappa shape index (κ1) is 31.0. The Morgan fingerprint density at radius 1 is 0.917 bits per heavy atom. The number of hydrogen-bond acceptors (Lipinski definition) is 7. The van der Waals surface area contributed by atoms with Gasteiger partial charge >= 0.3 is 0 Å². The SMILES string of the molecule is C[C@@H](/C=C/CCn1cc(CCO)nn1)[C@]1(O)C(=O)N(Cc2cccc(N3C(=O)c4ccccc4Oc4ccccc43)c2)c2ccccc21. The summed E-state index contributed by atoms with van der Waals surface area (Å²) in [6.45, 7) is 2.63. The lowest BCUT2D eigenvalue weighted by Gasteiger charge is -2.28. The Hall–Kier alpha value is -5.58. The van der Waals surface area contributed by atoms with Gasteiger partial charge in [0.2, 0.25) is 0 Å². The Bertz CT molecular complexity index is 2020. The molecule has 2 amide bonds. The van der Waals surface area contributed by atoms with Gasteiger partial charge in [0.15, 0.2) is 11.4 Å². The van der Waals surface area contributed by atoms with Crippen molar-refractivity contribution in [3.8, 4) is 11.5 Å². The first-order valence-corrected chi connectivity index (χ1v) is 16.0. The van der Waals surface area contributed by atoms with Crippen molar-refractivity contribution >= 4 is 28.9 Å². The van der Waals surface area contributed by atoms with Gasteiger partial charge in [-0.25, -0.2) is 0 Å². The normalized spacial score (nSPS) is 17.6. The third-order valence-electron chi connectivity index (χ3n) is 8.90. The minimum absolute atomic E-state index is 0.0176. The third-order valence-corrected chi connectivity index (χ3v) is 8.90. The molecule has 10 heteroatoms. The number of para-hydroxylation sites is 4. The number of hydrogen-bond donors (Lipinski definition) is 2. The number of anilines is 3. The molecule has 0 aliphatic carbocycles. The molecule has 0 spiro atoms. The van der Waals surface area contributed by atoms with Crippen LogP contribution < -0.4 is 14.5 Å². The van der Waals surface area contributed by atoms with Gasteiger partial charge in [0, 0.05) is 42.9 Å². The Morgan fingerprint density at radius 2 is 1.67 bits per heavy atom. The van der Waals surface area contributed by atoms with Gasteiger partial charge in [-0.15, -0.1) is 5.10 Å². The molecule has 2 N–H and O–H groups in total. The van der Waals surface area contributed by atoms with E-state index in [1.165, 1.54) is 0 Å². The number of ether oxygens (including phenoxy) is 1. The molecule has 2 atom stereocenters. The van der Waals surface area contributed by atoms with Crippen LogP contribution in [0.25, 0.3) is 0 Å². The van der Waals surface area contributed by atoms with E-state index >= 15 is 0 Å². The number of carbonyl (C=O) groups excluding carboxylic acids is 2. The van der Waals surface area contributed by atoms with Gasteiger partial charge in [0.1, 0.15) is 5.75 Å². The molecule has 242 valence electrons. The van der Waals surface area contributed by atoms with Crippen molar-refractivity contribution in [1.82, 2.24) is 15.0 Å². The van der Waals surface area contributed by atoms with E-state index in [9.17, 15) is 14.7 Å². The van der Waals surface area contributed by atoms with E-state index in [2.05, 4.69) is 10.3 Å². The number of aliphatic hydroxyl groups is 2. The summed E-state index contributed by atoms with van der Waals surface area (Å²) in [5.74, 6) is -0.102. The zero-order valence-electron chi connectivity index (χ0n) is 26.4. The molecule has 1 aromatic heterocycles. The third kappa shape index (κ3) is 5.55. The van der Waals surface area contributed by atoms with Crippen molar-refractivity contribution in [2.24, 2.45) is 5.92 Å². The molecular formula is C38H35N5O5. The van der Waals surface area contributed by atoms with Crippen LogP contribution in [-0.4, -0.2) is 43.6 Å². The Balaban J connectivity index is 1.14. The van der Waals surface area contributed by atoms with Gasteiger partial charge in [0.05, 0.1) is 29.2 Å². The van der Waals surface area contributed by atoms with Crippen LogP contribution in [0, 0.1) is 5.92 Å².